The van der Waals surface area contributed by atoms with Crippen molar-refractivity contribution in [3.8, 4) is 5.75 Å². The van der Waals surface area contributed by atoms with Gasteiger partial charge in [0.2, 0.25) is 5.78 Å². The number of para-hydroxylation sites is 1. The standard InChI is InChI=1S/C25H17BrN2O5/c1-32-18-4-2-3-15-13-19(33-24(15)18)22(29)20-21(14-9-11-27-12-10-14)28(25(31)23(20)30)17-7-5-16(26)6-8-17/h2-13,21,30H,1H3. The Labute approximate surface area is 197 Å². The third-order valence-corrected chi connectivity index (χ3v) is 6.06. The number of aliphatic hydroxyl groups excluding tert-OH is 1. The number of carbonyl (C=O) groups excluding carboxylic acids is 2. The highest BCUT2D eigenvalue weighted by Crippen LogP contribution is 2.42. The minimum Gasteiger partial charge on any atom is -0.503 e. The quantitative estimate of drug-likeness (QED) is 0.366. The summed E-state index contributed by atoms with van der Waals surface area (Å²) in [5, 5.41) is 11.5. The van der Waals surface area contributed by atoms with E-state index in [1.54, 1.807) is 73.1 Å². The lowest BCUT2D eigenvalue weighted by molar-refractivity contribution is -0.117. The van der Waals surface area contributed by atoms with Gasteiger partial charge < -0.3 is 14.3 Å². The van der Waals surface area contributed by atoms with Crippen LogP contribution in [0.2, 0.25) is 0 Å². The van der Waals surface area contributed by atoms with Gasteiger partial charge in [-0.15, -0.1) is 0 Å². The maximum Gasteiger partial charge on any atom is 0.294 e. The fourth-order valence-corrected chi connectivity index (χ4v) is 4.27. The molecule has 0 saturated heterocycles. The molecule has 2 aromatic carbocycles. The molecule has 0 aliphatic carbocycles. The fourth-order valence-electron chi connectivity index (χ4n) is 4.01. The number of carbonyl (C=O) groups is 2. The van der Waals surface area contributed by atoms with E-state index >= 15 is 0 Å². The Morgan fingerprint density at radius 3 is 2.55 bits per heavy atom. The number of hydrogen-bond donors (Lipinski definition) is 1. The Bertz CT molecular complexity index is 1410. The van der Waals surface area contributed by atoms with Crippen molar-refractivity contribution in [1.82, 2.24) is 4.98 Å². The zero-order chi connectivity index (χ0) is 23.1. The van der Waals surface area contributed by atoms with E-state index in [1.807, 2.05) is 0 Å². The van der Waals surface area contributed by atoms with Crippen LogP contribution >= 0.6 is 15.9 Å². The van der Waals surface area contributed by atoms with E-state index in [0.717, 1.165) is 4.47 Å². The van der Waals surface area contributed by atoms with E-state index in [2.05, 4.69) is 20.9 Å². The molecule has 33 heavy (non-hydrogen) atoms. The average Bonchev–Trinajstić information content (AvgIpc) is 3.39. The Hall–Kier alpha value is -3.91. The molecule has 1 amide bonds. The number of ketones is 1. The van der Waals surface area contributed by atoms with Gasteiger partial charge in [-0.25, -0.2) is 0 Å². The number of furan rings is 1. The first-order valence-corrected chi connectivity index (χ1v) is 10.8. The van der Waals surface area contributed by atoms with Gasteiger partial charge in [0.1, 0.15) is 0 Å². The van der Waals surface area contributed by atoms with Crippen LogP contribution in [-0.2, 0) is 4.79 Å². The number of aromatic nitrogens is 1. The van der Waals surface area contributed by atoms with Gasteiger partial charge in [-0.3, -0.25) is 19.5 Å². The minimum absolute atomic E-state index is 0.000521. The van der Waals surface area contributed by atoms with Crippen molar-refractivity contribution in [2.75, 3.05) is 12.0 Å². The highest BCUT2D eigenvalue weighted by atomic mass is 79.9. The van der Waals surface area contributed by atoms with Gasteiger partial charge >= 0.3 is 0 Å². The van der Waals surface area contributed by atoms with Crippen LogP contribution in [0.1, 0.15) is 22.2 Å². The average molecular weight is 505 g/mol. The number of amides is 1. The first-order valence-electron chi connectivity index (χ1n) is 10.0. The summed E-state index contributed by atoms with van der Waals surface area (Å²) in [5.41, 5.74) is 1.51. The molecule has 3 heterocycles. The van der Waals surface area contributed by atoms with E-state index in [0.29, 0.717) is 28.0 Å². The Balaban J connectivity index is 1.65. The van der Waals surface area contributed by atoms with Gasteiger partial charge in [-0.05, 0) is 54.1 Å². The van der Waals surface area contributed by atoms with Gasteiger partial charge in [0.05, 0.1) is 18.7 Å². The molecule has 0 radical (unpaired) electrons. The Morgan fingerprint density at radius 2 is 1.85 bits per heavy atom. The van der Waals surface area contributed by atoms with Crippen molar-refractivity contribution in [2.24, 2.45) is 0 Å². The number of nitrogens with zero attached hydrogens (tertiary/aromatic N) is 2. The van der Waals surface area contributed by atoms with Gasteiger partial charge in [-0.1, -0.05) is 28.1 Å². The molecule has 0 fully saturated rings. The number of Topliss-reactive ketones (excluding diaryl/α,β-unsaturated/α-hetero) is 1. The first kappa shape index (κ1) is 21.0. The maximum atomic E-state index is 13.6. The largest absolute Gasteiger partial charge is 0.503 e. The molecule has 5 rings (SSSR count). The number of ether oxygens (including phenoxy) is 1. The van der Waals surface area contributed by atoms with Crippen LogP contribution in [0, 0.1) is 0 Å². The molecule has 1 aliphatic rings. The van der Waals surface area contributed by atoms with Gasteiger partial charge in [0.15, 0.2) is 22.9 Å². The number of pyridine rings is 1. The van der Waals surface area contributed by atoms with Crippen LogP contribution in [0.25, 0.3) is 11.0 Å². The summed E-state index contributed by atoms with van der Waals surface area (Å²) in [7, 11) is 1.51. The van der Waals surface area contributed by atoms with E-state index in [9.17, 15) is 14.7 Å². The summed E-state index contributed by atoms with van der Waals surface area (Å²) in [6.07, 6.45) is 3.15. The summed E-state index contributed by atoms with van der Waals surface area (Å²) >= 11 is 3.39. The molecule has 1 atom stereocenters. The van der Waals surface area contributed by atoms with Crippen LogP contribution in [0.3, 0.4) is 0 Å². The predicted octanol–water partition coefficient (Wildman–Crippen LogP) is 5.38. The van der Waals surface area contributed by atoms with Gasteiger partial charge in [0.25, 0.3) is 5.91 Å². The normalized spacial score (nSPS) is 16.0. The third-order valence-electron chi connectivity index (χ3n) is 5.53. The smallest absolute Gasteiger partial charge is 0.294 e. The van der Waals surface area contributed by atoms with Crippen molar-refractivity contribution in [1.29, 1.82) is 0 Å². The van der Waals surface area contributed by atoms with Crippen molar-refractivity contribution < 1.29 is 23.8 Å². The Kier molecular flexibility index (Phi) is 5.22. The van der Waals surface area contributed by atoms with Crippen LogP contribution in [-0.4, -0.2) is 28.9 Å². The highest BCUT2D eigenvalue weighted by Gasteiger charge is 2.45. The third kappa shape index (κ3) is 3.48. The lowest BCUT2D eigenvalue weighted by Gasteiger charge is -2.26. The fraction of sp³-hybridized carbons (Fsp3) is 0.0800. The molecule has 0 bridgehead atoms. The van der Waals surface area contributed by atoms with Crippen molar-refractivity contribution in [3.63, 3.8) is 0 Å². The molecule has 1 N–H and O–H groups in total. The SMILES string of the molecule is COc1cccc2cc(C(=O)C3=C(O)C(=O)N(c4ccc(Br)cc4)C3c3ccncc3)oc12. The molecule has 1 unspecified atom stereocenters. The highest BCUT2D eigenvalue weighted by molar-refractivity contribution is 9.10. The van der Waals surface area contributed by atoms with E-state index in [1.165, 1.54) is 12.0 Å². The number of anilines is 1. The number of halogens is 1. The number of methoxy groups -OCH3 is 1. The van der Waals surface area contributed by atoms with E-state index in [4.69, 9.17) is 9.15 Å². The first-order chi connectivity index (χ1) is 16.0. The minimum atomic E-state index is -0.857. The number of fused-ring (bicyclic) bond motifs is 1. The number of hydrogen-bond acceptors (Lipinski definition) is 6. The van der Waals surface area contributed by atoms with E-state index in [-0.39, 0.29) is 11.3 Å². The molecule has 1 aliphatic heterocycles. The summed E-state index contributed by atoms with van der Waals surface area (Å²) in [4.78, 5) is 32.2. The molecule has 8 heteroatoms. The van der Waals surface area contributed by atoms with Crippen LogP contribution in [0.15, 0.2) is 93.3 Å². The topological polar surface area (TPSA) is 92.9 Å². The van der Waals surface area contributed by atoms with Gasteiger partial charge in [0, 0.05) is 27.9 Å². The molecule has 7 nitrogen and oxygen atoms in total. The molecule has 0 saturated carbocycles. The number of benzene rings is 2. The second kappa shape index (κ2) is 8.22. The second-order valence-electron chi connectivity index (χ2n) is 7.42. The summed E-state index contributed by atoms with van der Waals surface area (Å²) in [6, 6.07) is 16.5. The van der Waals surface area contributed by atoms with E-state index < -0.39 is 23.5 Å². The molecule has 0 spiro atoms. The summed E-state index contributed by atoms with van der Waals surface area (Å²) in [5.74, 6) is -1.39. The zero-order valence-electron chi connectivity index (χ0n) is 17.4. The summed E-state index contributed by atoms with van der Waals surface area (Å²) in [6.45, 7) is 0. The molecular weight excluding hydrogens is 488 g/mol. The maximum absolute atomic E-state index is 13.6. The van der Waals surface area contributed by atoms with Crippen LogP contribution in [0.5, 0.6) is 5.75 Å². The van der Waals surface area contributed by atoms with Crippen molar-refractivity contribution >= 4 is 44.3 Å². The van der Waals surface area contributed by atoms with Crippen LogP contribution < -0.4 is 9.64 Å². The summed E-state index contributed by atoms with van der Waals surface area (Å²) < 4.78 is 12.0. The van der Waals surface area contributed by atoms with Crippen LogP contribution in [0.4, 0.5) is 5.69 Å². The predicted molar refractivity (Wildman–Crippen MR) is 125 cm³/mol. The number of rotatable bonds is 5. The molecule has 164 valence electrons. The second-order valence-corrected chi connectivity index (χ2v) is 8.33. The lowest BCUT2D eigenvalue weighted by atomic mass is 9.95. The monoisotopic (exact) mass is 504 g/mol. The molecule has 4 aromatic rings. The zero-order valence-corrected chi connectivity index (χ0v) is 18.9. The number of aliphatic hydroxyl groups is 1. The molecular formula is C25H17BrN2O5. The van der Waals surface area contributed by atoms with Crippen molar-refractivity contribution in [2.45, 2.75) is 6.04 Å². The Morgan fingerprint density at radius 1 is 1.12 bits per heavy atom. The lowest BCUT2D eigenvalue weighted by Crippen LogP contribution is -2.31. The van der Waals surface area contributed by atoms with Gasteiger partial charge in [-0.2, -0.15) is 0 Å². The molecule has 2 aromatic heterocycles. The van der Waals surface area contributed by atoms with Crippen molar-refractivity contribution in [3.05, 3.63) is 100 Å².